The third-order valence-electron chi connectivity index (χ3n) is 7.28. The van der Waals surface area contributed by atoms with Crippen molar-refractivity contribution in [2.45, 2.75) is 89.6 Å². The summed E-state index contributed by atoms with van der Waals surface area (Å²) >= 11 is 5.94. The summed E-state index contributed by atoms with van der Waals surface area (Å²) in [4.78, 5) is 39.3. The van der Waals surface area contributed by atoms with Crippen LogP contribution in [-0.2, 0) is 29.6 Å². The normalized spacial score (nSPS) is 16.4. The highest BCUT2D eigenvalue weighted by molar-refractivity contribution is 7.54. The van der Waals surface area contributed by atoms with Crippen molar-refractivity contribution in [2.24, 2.45) is 5.92 Å². The van der Waals surface area contributed by atoms with Gasteiger partial charge >= 0.3 is 13.7 Å². The zero-order valence-electron chi connectivity index (χ0n) is 24.2. The average molecular weight is 618 g/mol. The standard InChI is InChI=1S/C28H45ClN3O8P/c1-4-39-41(38,40-5-2)27(35)23(15-16-25(33)32(3)18-17-20-11-13-22(29)14-12-20)30-26(34)24(31-28(36)37)19-21-9-7-6-8-10-21/h11-14,21,23-24,27,31,35H,4-10,15-19H2,1-3H3,(H,30,34)(H,36,37). The highest BCUT2D eigenvalue weighted by Gasteiger charge is 2.41. The number of benzene rings is 1. The fourth-order valence-corrected chi connectivity index (χ4v) is 6.92. The molecule has 2 rings (SSSR count). The number of hydrogen-bond acceptors (Lipinski definition) is 7. The minimum atomic E-state index is -4.09. The molecule has 3 unspecified atom stereocenters. The number of halogens is 1. The molecule has 41 heavy (non-hydrogen) atoms. The molecule has 3 atom stereocenters. The van der Waals surface area contributed by atoms with E-state index < -0.39 is 37.5 Å². The molecule has 1 aliphatic carbocycles. The average Bonchev–Trinajstić information content (AvgIpc) is 2.94. The number of hydrogen-bond donors (Lipinski definition) is 4. The topological polar surface area (TPSA) is 154 Å². The first-order valence-corrected chi connectivity index (χ1v) is 16.3. The highest BCUT2D eigenvalue weighted by Crippen LogP contribution is 2.53. The van der Waals surface area contributed by atoms with Crippen LogP contribution in [-0.4, -0.2) is 77.8 Å². The van der Waals surface area contributed by atoms with Gasteiger partial charge in [0.2, 0.25) is 11.8 Å². The lowest BCUT2D eigenvalue weighted by Crippen LogP contribution is -2.53. The molecule has 0 heterocycles. The van der Waals surface area contributed by atoms with Crippen LogP contribution < -0.4 is 10.6 Å². The van der Waals surface area contributed by atoms with E-state index in [0.717, 1.165) is 37.7 Å². The molecule has 1 saturated carbocycles. The molecule has 1 aromatic carbocycles. The van der Waals surface area contributed by atoms with Gasteiger partial charge in [-0.3, -0.25) is 14.2 Å². The maximum atomic E-state index is 13.4. The Balaban J connectivity index is 2.15. The largest absolute Gasteiger partial charge is 0.465 e. The first kappa shape index (κ1) is 35.0. The Morgan fingerprint density at radius 3 is 2.24 bits per heavy atom. The van der Waals surface area contributed by atoms with Gasteiger partial charge in [-0.1, -0.05) is 55.8 Å². The van der Waals surface area contributed by atoms with Crippen molar-refractivity contribution in [1.82, 2.24) is 15.5 Å². The van der Waals surface area contributed by atoms with E-state index in [4.69, 9.17) is 20.6 Å². The molecule has 1 fully saturated rings. The van der Waals surface area contributed by atoms with Crippen LogP contribution in [0.2, 0.25) is 5.02 Å². The van der Waals surface area contributed by atoms with Crippen molar-refractivity contribution in [3.8, 4) is 0 Å². The van der Waals surface area contributed by atoms with E-state index in [2.05, 4.69) is 10.6 Å². The molecule has 232 valence electrons. The summed E-state index contributed by atoms with van der Waals surface area (Å²) in [6.07, 6.45) is 4.39. The van der Waals surface area contributed by atoms with Crippen molar-refractivity contribution >= 4 is 37.1 Å². The van der Waals surface area contributed by atoms with E-state index in [-0.39, 0.29) is 37.9 Å². The summed E-state index contributed by atoms with van der Waals surface area (Å²) in [5.74, 6) is -2.48. The summed E-state index contributed by atoms with van der Waals surface area (Å²) in [5.41, 5.74) is 1.01. The third-order valence-corrected chi connectivity index (χ3v) is 9.78. The van der Waals surface area contributed by atoms with Gasteiger partial charge in [-0.2, -0.15) is 0 Å². The number of carbonyl (C=O) groups excluding carboxylic acids is 2. The summed E-state index contributed by atoms with van der Waals surface area (Å²) in [6, 6.07) is 5.07. The van der Waals surface area contributed by atoms with E-state index >= 15 is 0 Å². The molecule has 0 spiro atoms. The van der Waals surface area contributed by atoms with Gasteiger partial charge in [0.05, 0.1) is 19.3 Å². The van der Waals surface area contributed by atoms with Gasteiger partial charge in [0.1, 0.15) is 6.04 Å². The Labute approximate surface area is 247 Å². The maximum Gasteiger partial charge on any atom is 0.405 e. The molecule has 11 nitrogen and oxygen atoms in total. The molecule has 1 aromatic rings. The van der Waals surface area contributed by atoms with Crippen LogP contribution in [0.4, 0.5) is 4.79 Å². The van der Waals surface area contributed by atoms with Crippen LogP contribution in [0.5, 0.6) is 0 Å². The van der Waals surface area contributed by atoms with Gasteiger partial charge in [0, 0.05) is 25.0 Å². The highest BCUT2D eigenvalue weighted by atomic mass is 35.5. The lowest BCUT2D eigenvalue weighted by molar-refractivity contribution is -0.131. The van der Waals surface area contributed by atoms with Crippen molar-refractivity contribution in [1.29, 1.82) is 0 Å². The molecule has 0 bridgehead atoms. The van der Waals surface area contributed by atoms with Crippen LogP contribution in [0, 0.1) is 5.92 Å². The predicted molar refractivity (Wildman–Crippen MR) is 157 cm³/mol. The molecule has 1 aliphatic rings. The number of aliphatic hydroxyl groups is 1. The van der Waals surface area contributed by atoms with Crippen LogP contribution in [0.15, 0.2) is 24.3 Å². The Morgan fingerprint density at radius 2 is 1.68 bits per heavy atom. The van der Waals surface area contributed by atoms with Gasteiger partial charge in [-0.25, -0.2) is 4.79 Å². The molecule has 13 heteroatoms. The SMILES string of the molecule is CCOP(=O)(OCC)C(O)C(CCC(=O)N(C)CCc1ccc(Cl)cc1)NC(=O)C(CC1CCCCC1)NC(=O)O. The van der Waals surface area contributed by atoms with Crippen LogP contribution in [0.25, 0.3) is 0 Å². The fourth-order valence-electron chi connectivity index (χ4n) is 5.03. The van der Waals surface area contributed by atoms with E-state index in [1.807, 2.05) is 12.1 Å². The van der Waals surface area contributed by atoms with Crippen LogP contribution in [0.1, 0.15) is 70.8 Å². The van der Waals surface area contributed by atoms with E-state index in [9.17, 15) is 29.2 Å². The van der Waals surface area contributed by atoms with Gasteiger partial charge in [0.15, 0.2) is 5.85 Å². The zero-order chi connectivity index (χ0) is 30.4. The van der Waals surface area contributed by atoms with E-state index in [1.54, 1.807) is 37.9 Å². The molecule has 3 amide bonds. The molecule has 0 saturated heterocycles. The quantitative estimate of drug-likeness (QED) is 0.182. The maximum absolute atomic E-state index is 13.4. The van der Waals surface area contributed by atoms with Crippen molar-refractivity contribution in [2.75, 3.05) is 26.8 Å². The first-order chi connectivity index (χ1) is 19.5. The summed E-state index contributed by atoms with van der Waals surface area (Å²) < 4.78 is 24.0. The Hall–Kier alpha value is -2.17. The van der Waals surface area contributed by atoms with Crippen molar-refractivity contribution in [3.63, 3.8) is 0 Å². The summed E-state index contributed by atoms with van der Waals surface area (Å²) in [5, 5.41) is 26.1. The number of amides is 3. The third kappa shape index (κ3) is 11.9. The number of nitrogens with zero attached hydrogens (tertiary/aromatic N) is 1. The Morgan fingerprint density at radius 1 is 1.07 bits per heavy atom. The smallest absolute Gasteiger partial charge is 0.405 e. The predicted octanol–water partition coefficient (Wildman–Crippen LogP) is 4.80. The zero-order valence-corrected chi connectivity index (χ0v) is 25.9. The minimum absolute atomic E-state index is 0.00769. The van der Waals surface area contributed by atoms with Crippen molar-refractivity contribution in [3.05, 3.63) is 34.9 Å². The van der Waals surface area contributed by atoms with Gasteiger partial charge in [-0.15, -0.1) is 0 Å². The molecule has 4 N–H and O–H groups in total. The van der Waals surface area contributed by atoms with Crippen molar-refractivity contribution < 1.29 is 38.2 Å². The molecule has 0 aliphatic heterocycles. The van der Waals surface area contributed by atoms with Gasteiger partial charge < -0.3 is 34.8 Å². The van der Waals surface area contributed by atoms with E-state index in [1.165, 1.54) is 0 Å². The van der Waals surface area contributed by atoms with Gasteiger partial charge in [-0.05, 0) is 56.7 Å². The fraction of sp³-hybridized carbons (Fsp3) is 0.679. The Bertz CT molecular complexity index is 1010. The first-order valence-electron chi connectivity index (χ1n) is 14.3. The monoisotopic (exact) mass is 617 g/mol. The van der Waals surface area contributed by atoms with Gasteiger partial charge in [0.25, 0.3) is 0 Å². The number of carbonyl (C=O) groups is 3. The summed E-state index contributed by atoms with van der Waals surface area (Å²) in [6.45, 7) is 3.62. The number of carboxylic acid groups (broad SMARTS) is 1. The second-order valence-corrected chi connectivity index (χ2v) is 12.9. The minimum Gasteiger partial charge on any atom is -0.465 e. The second kappa shape index (κ2) is 17.7. The number of nitrogens with one attached hydrogen (secondary N) is 2. The summed E-state index contributed by atoms with van der Waals surface area (Å²) in [7, 11) is -2.43. The number of likely N-dealkylation sites (N-methyl/N-ethyl adjacent to an activating group) is 1. The molecular weight excluding hydrogens is 573 g/mol. The lowest BCUT2D eigenvalue weighted by Gasteiger charge is -2.32. The Kier molecular flexibility index (Phi) is 15.1. The lowest BCUT2D eigenvalue weighted by atomic mass is 9.84. The second-order valence-electron chi connectivity index (χ2n) is 10.4. The number of rotatable bonds is 17. The van der Waals surface area contributed by atoms with E-state index in [0.29, 0.717) is 24.4 Å². The van der Waals surface area contributed by atoms with Crippen LogP contribution >= 0.6 is 19.2 Å². The van der Waals surface area contributed by atoms with Crippen LogP contribution in [0.3, 0.4) is 0 Å². The molecule has 0 radical (unpaired) electrons. The molecular formula is C28H45ClN3O8P. The molecule has 0 aromatic heterocycles. The number of aliphatic hydroxyl groups excluding tert-OH is 1.